The van der Waals surface area contributed by atoms with Crippen molar-refractivity contribution in [1.29, 1.82) is 0 Å². The molecule has 1 aromatic carbocycles. The molecule has 7 rings (SSSR count). The molecular formula is C28H23FN8O. The average molecular weight is 507 g/mol. The van der Waals surface area contributed by atoms with E-state index < -0.39 is 0 Å². The van der Waals surface area contributed by atoms with Crippen molar-refractivity contribution < 1.29 is 9.13 Å². The maximum absolute atomic E-state index is 13.5. The van der Waals surface area contributed by atoms with Gasteiger partial charge in [-0.3, -0.25) is 15.1 Å². The number of rotatable bonds is 5. The number of benzene rings is 1. The Morgan fingerprint density at radius 3 is 2.66 bits per heavy atom. The van der Waals surface area contributed by atoms with E-state index in [1.807, 2.05) is 18.2 Å². The van der Waals surface area contributed by atoms with Crippen molar-refractivity contribution in [2.24, 2.45) is 0 Å². The first-order valence-corrected chi connectivity index (χ1v) is 12.5. The highest BCUT2D eigenvalue weighted by atomic mass is 19.1. The predicted molar refractivity (Wildman–Crippen MR) is 142 cm³/mol. The fraction of sp³-hybridized carbons (Fsp3) is 0.179. The Bertz CT molecular complexity index is 1750. The molecule has 5 aromatic heterocycles. The smallest absolute Gasteiger partial charge is 0.178 e. The van der Waals surface area contributed by atoms with E-state index in [4.69, 9.17) is 9.72 Å². The Kier molecular flexibility index (Phi) is 5.51. The molecule has 6 aromatic rings. The zero-order valence-corrected chi connectivity index (χ0v) is 20.3. The normalized spacial score (nSPS) is 14.3. The van der Waals surface area contributed by atoms with Crippen LogP contribution in [0.25, 0.3) is 56.0 Å². The van der Waals surface area contributed by atoms with Crippen LogP contribution in [0.2, 0.25) is 0 Å². The molecule has 1 aliphatic rings. The van der Waals surface area contributed by atoms with Crippen molar-refractivity contribution >= 4 is 22.1 Å². The second-order valence-electron chi connectivity index (χ2n) is 9.31. The van der Waals surface area contributed by atoms with Gasteiger partial charge in [-0.05, 0) is 61.8 Å². The molecular weight excluding hydrogens is 483 g/mol. The lowest BCUT2D eigenvalue weighted by Gasteiger charge is -2.23. The molecule has 3 N–H and O–H groups in total. The van der Waals surface area contributed by atoms with Crippen molar-refractivity contribution in [3.8, 4) is 39.7 Å². The Balaban J connectivity index is 1.25. The number of aromatic amines is 2. The van der Waals surface area contributed by atoms with Crippen molar-refractivity contribution in [3.63, 3.8) is 0 Å². The minimum Gasteiger partial charge on any atom is -0.489 e. The largest absolute Gasteiger partial charge is 0.489 e. The Hall–Kier alpha value is -4.70. The molecule has 10 heteroatoms. The SMILES string of the molecule is Fc1ccc(-c2ccnc3nc(-c4n[nH]c5cnc(-c6cncc(OC7CCNCC7)c6)cc45)[nH]c23)cc1. The van der Waals surface area contributed by atoms with Crippen molar-refractivity contribution in [2.75, 3.05) is 13.1 Å². The number of hydrogen-bond donors (Lipinski definition) is 3. The standard InChI is InChI=1S/C28H23FN8O/c29-18-3-1-16(2-4-18)21-7-10-32-27-25(21)34-28(35-27)26-22-12-23(33-15-24(22)36-37-26)17-11-20(14-31-13-17)38-19-5-8-30-9-6-19/h1-4,7,10-15,19,30H,5-6,8-9H2,(H,36,37)(H,32,34,35). The summed E-state index contributed by atoms with van der Waals surface area (Å²) >= 11 is 0. The highest BCUT2D eigenvalue weighted by Crippen LogP contribution is 2.32. The summed E-state index contributed by atoms with van der Waals surface area (Å²) in [5, 5.41) is 11.8. The number of imidazole rings is 1. The van der Waals surface area contributed by atoms with Gasteiger partial charge < -0.3 is 15.0 Å². The van der Waals surface area contributed by atoms with E-state index in [0.717, 1.165) is 70.5 Å². The third-order valence-electron chi connectivity index (χ3n) is 6.82. The number of fused-ring (bicyclic) bond motifs is 2. The molecule has 1 saturated heterocycles. The molecule has 1 fully saturated rings. The molecule has 0 aliphatic carbocycles. The van der Waals surface area contributed by atoms with Crippen molar-refractivity contribution in [1.82, 2.24) is 40.4 Å². The van der Waals surface area contributed by atoms with Crippen LogP contribution in [0, 0.1) is 5.82 Å². The van der Waals surface area contributed by atoms with Gasteiger partial charge in [-0.2, -0.15) is 5.10 Å². The van der Waals surface area contributed by atoms with Gasteiger partial charge in [0.2, 0.25) is 0 Å². The summed E-state index contributed by atoms with van der Waals surface area (Å²) in [6.45, 7) is 1.92. The number of halogens is 1. The molecule has 0 amide bonds. The Labute approximate surface area is 216 Å². The molecule has 0 radical (unpaired) electrons. The summed E-state index contributed by atoms with van der Waals surface area (Å²) < 4.78 is 19.7. The van der Waals surface area contributed by atoms with Crippen LogP contribution in [0.3, 0.4) is 0 Å². The minimum absolute atomic E-state index is 0.186. The molecule has 0 spiro atoms. The minimum atomic E-state index is -0.282. The molecule has 1 aliphatic heterocycles. The number of ether oxygens (including phenoxy) is 1. The highest BCUT2D eigenvalue weighted by Gasteiger charge is 2.18. The molecule has 9 nitrogen and oxygen atoms in total. The summed E-state index contributed by atoms with van der Waals surface area (Å²) in [5.74, 6) is 1.03. The maximum atomic E-state index is 13.5. The van der Waals surface area contributed by atoms with Crippen LogP contribution >= 0.6 is 0 Å². The number of nitrogens with one attached hydrogen (secondary N) is 3. The topological polar surface area (TPSA) is 117 Å². The molecule has 6 heterocycles. The summed E-state index contributed by atoms with van der Waals surface area (Å²) in [6.07, 6.45) is 9.11. The number of aromatic nitrogens is 7. The maximum Gasteiger partial charge on any atom is 0.178 e. The Morgan fingerprint density at radius 1 is 0.921 bits per heavy atom. The van der Waals surface area contributed by atoms with Gasteiger partial charge in [0.25, 0.3) is 0 Å². The van der Waals surface area contributed by atoms with E-state index >= 15 is 0 Å². The van der Waals surface area contributed by atoms with E-state index in [1.54, 1.807) is 36.9 Å². The van der Waals surface area contributed by atoms with Crippen LogP contribution in [0.4, 0.5) is 4.39 Å². The van der Waals surface area contributed by atoms with Crippen LogP contribution < -0.4 is 10.1 Å². The number of piperidine rings is 1. The van der Waals surface area contributed by atoms with Gasteiger partial charge in [-0.1, -0.05) is 12.1 Å². The van der Waals surface area contributed by atoms with Crippen LogP contribution in [-0.2, 0) is 0 Å². The molecule has 0 saturated carbocycles. The van der Waals surface area contributed by atoms with E-state index in [0.29, 0.717) is 17.2 Å². The predicted octanol–water partition coefficient (Wildman–Crippen LogP) is 4.90. The third-order valence-corrected chi connectivity index (χ3v) is 6.82. The first-order chi connectivity index (χ1) is 18.7. The number of nitrogens with zero attached hydrogens (tertiary/aromatic N) is 5. The highest BCUT2D eigenvalue weighted by molar-refractivity contribution is 5.96. The molecule has 0 atom stereocenters. The second-order valence-corrected chi connectivity index (χ2v) is 9.31. The average Bonchev–Trinajstić information content (AvgIpc) is 3.58. The molecule has 188 valence electrons. The van der Waals surface area contributed by atoms with Gasteiger partial charge in [-0.25, -0.2) is 14.4 Å². The van der Waals surface area contributed by atoms with Crippen LogP contribution in [0.5, 0.6) is 5.75 Å². The van der Waals surface area contributed by atoms with Crippen LogP contribution in [0.15, 0.2) is 67.3 Å². The fourth-order valence-corrected chi connectivity index (χ4v) is 4.88. The summed E-state index contributed by atoms with van der Waals surface area (Å²) in [7, 11) is 0. The lowest BCUT2D eigenvalue weighted by Crippen LogP contribution is -2.34. The van der Waals surface area contributed by atoms with Gasteiger partial charge in [0.1, 0.15) is 23.4 Å². The molecule has 38 heavy (non-hydrogen) atoms. The zero-order valence-electron chi connectivity index (χ0n) is 20.3. The summed E-state index contributed by atoms with van der Waals surface area (Å²) in [4.78, 5) is 21.5. The van der Waals surface area contributed by atoms with Gasteiger partial charge in [0.15, 0.2) is 11.5 Å². The van der Waals surface area contributed by atoms with Crippen LogP contribution in [0.1, 0.15) is 12.8 Å². The third kappa shape index (κ3) is 4.14. The van der Waals surface area contributed by atoms with E-state index in [9.17, 15) is 4.39 Å². The monoisotopic (exact) mass is 506 g/mol. The fourth-order valence-electron chi connectivity index (χ4n) is 4.88. The zero-order chi connectivity index (χ0) is 25.5. The van der Waals surface area contributed by atoms with E-state index in [1.165, 1.54) is 12.1 Å². The van der Waals surface area contributed by atoms with E-state index in [2.05, 4.69) is 35.5 Å². The quantitative estimate of drug-likeness (QED) is 0.305. The van der Waals surface area contributed by atoms with Gasteiger partial charge in [0, 0.05) is 28.9 Å². The van der Waals surface area contributed by atoms with Crippen molar-refractivity contribution in [2.45, 2.75) is 18.9 Å². The van der Waals surface area contributed by atoms with E-state index in [-0.39, 0.29) is 11.9 Å². The van der Waals surface area contributed by atoms with Crippen LogP contribution in [-0.4, -0.2) is 54.3 Å². The summed E-state index contributed by atoms with van der Waals surface area (Å²) in [5.41, 5.74) is 6.11. The first-order valence-electron chi connectivity index (χ1n) is 12.5. The number of H-pyrrole nitrogens is 2. The van der Waals surface area contributed by atoms with Gasteiger partial charge >= 0.3 is 0 Å². The lowest BCUT2D eigenvalue weighted by atomic mass is 10.1. The van der Waals surface area contributed by atoms with Gasteiger partial charge in [-0.15, -0.1) is 0 Å². The lowest BCUT2D eigenvalue weighted by molar-refractivity contribution is 0.162. The second kappa shape index (κ2) is 9.31. The molecule has 0 bridgehead atoms. The van der Waals surface area contributed by atoms with Crippen molar-refractivity contribution in [3.05, 3.63) is 73.1 Å². The first kappa shape index (κ1) is 22.5. The summed E-state index contributed by atoms with van der Waals surface area (Å²) in [6, 6.07) is 12.2. The number of hydrogen-bond acceptors (Lipinski definition) is 7. The number of pyridine rings is 3. The Morgan fingerprint density at radius 2 is 1.79 bits per heavy atom. The van der Waals surface area contributed by atoms with Gasteiger partial charge in [0.05, 0.1) is 29.1 Å². The molecule has 0 unspecified atom stereocenters.